The fraction of sp³-hybridized carbons (Fsp3) is 0.348. The molecule has 2 heterocycles. The maximum Gasteiger partial charge on any atom is 0.336 e. The van der Waals surface area contributed by atoms with Gasteiger partial charge in [0.25, 0.3) is 0 Å². The minimum Gasteiger partial charge on any atom is -0.871 e. The van der Waals surface area contributed by atoms with Crippen LogP contribution in [0.5, 0.6) is 0 Å². The molecule has 3 aromatic rings. The van der Waals surface area contributed by atoms with Crippen molar-refractivity contribution in [2.75, 3.05) is 18.0 Å². The molecule has 3 aromatic carbocycles. The van der Waals surface area contributed by atoms with E-state index in [0.717, 1.165) is 60.7 Å². The summed E-state index contributed by atoms with van der Waals surface area (Å²) in [5.74, 6) is 2.99. The van der Waals surface area contributed by atoms with E-state index in [1.54, 1.807) is 12.2 Å². The van der Waals surface area contributed by atoms with Crippen LogP contribution in [0.15, 0.2) is 95.4 Å². The third-order valence-corrected chi connectivity index (χ3v) is 11.1. The lowest BCUT2D eigenvalue weighted by Gasteiger charge is -2.32. The third-order valence-electron chi connectivity index (χ3n) is 11.1. The summed E-state index contributed by atoms with van der Waals surface area (Å²) in [7, 11) is 0. The molecule has 8 nitrogen and oxygen atoms in total. The summed E-state index contributed by atoms with van der Waals surface area (Å²) in [6.45, 7) is 14.2. The lowest BCUT2D eigenvalue weighted by molar-refractivity contribution is -0.438. The van der Waals surface area contributed by atoms with Gasteiger partial charge in [0.15, 0.2) is 11.5 Å². The van der Waals surface area contributed by atoms with Gasteiger partial charge in [0, 0.05) is 69.7 Å². The molecule has 54 heavy (non-hydrogen) atoms. The Kier molecular flexibility index (Phi) is 10.6. The quantitative estimate of drug-likeness (QED) is 0.0840. The predicted octanol–water partition coefficient (Wildman–Crippen LogP) is 8.04. The molecule has 0 aromatic heterocycles. The number of benzene rings is 3. The van der Waals surface area contributed by atoms with Gasteiger partial charge < -0.3 is 20.2 Å². The third kappa shape index (κ3) is 6.80. The maximum absolute atomic E-state index is 13.9. The first-order valence-electron chi connectivity index (χ1n) is 18.9. The van der Waals surface area contributed by atoms with Gasteiger partial charge in [0.1, 0.15) is 6.54 Å². The van der Waals surface area contributed by atoms with Crippen LogP contribution in [0.25, 0.3) is 0 Å². The minimum absolute atomic E-state index is 0.195. The Bertz CT molecular complexity index is 2250. The standard InChI is InChI=1S/C46H48N2O6/c1-7-9-10-11-12-15-24-48-38-23-21-30(19-18-29-20-22-31(43(51)52)32(25-29)44(53)54)26-36(38)46(5,6)40(48)28-34-41(49)33(42(34)50)27-39-45(3,4)35-16-13-14-17-37(35)47(39)8-2/h13-14,16-17,20-23,25-28H,7-12,15,24H2,1-6H3,(H2-,49,50,51,52,53,54). The van der Waals surface area contributed by atoms with E-state index in [4.69, 9.17) is 0 Å². The van der Waals surface area contributed by atoms with E-state index in [-0.39, 0.29) is 39.2 Å². The molecule has 3 aliphatic rings. The second-order valence-electron chi connectivity index (χ2n) is 15.3. The lowest BCUT2D eigenvalue weighted by atomic mass is 9.77. The number of fused-ring (bicyclic) bond motifs is 2. The smallest absolute Gasteiger partial charge is 0.336 e. The van der Waals surface area contributed by atoms with Gasteiger partial charge >= 0.3 is 11.9 Å². The van der Waals surface area contributed by atoms with Crippen LogP contribution in [0.3, 0.4) is 0 Å². The number of allylic oxidation sites excluding steroid dienone is 5. The number of para-hydroxylation sites is 1. The topological polar surface area (TPSA) is 121 Å². The van der Waals surface area contributed by atoms with Gasteiger partial charge in [0.05, 0.1) is 16.5 Å². The number of anilines is 1. The molecule has 2 N–H and O–H groups in total. The van der Waals surface area contributed by atoms with E-state index in [1.807, 2.05) is 30.3 Å². The van der Waals surface area contributed by atoms with Crippen molar-refractivity contribution in [1.82, 2.24) is 0 Å². The van der Waals surface area contributed by atoms with Crippen LogP contribution in [0.4, 0.5) is 11.4 Å². The molecule has 1 aliphatic carbocycles. The molecule has 0 saturated heterocycles. The van der Waals surface area contributed by atoms with Crippen LogP contribution in [-0.2, 0) is 15.6 Å². The summed E-state index contributed by atoms with van der Waals surface area (Å²) in [5.41, 5.74) is 6.06. The Morgan fingerprint density at radius 3 is 2.11 bits per heavy atom. The molecule has 0 radical (unpaired) electrons. The summed E-state index contributed by atoms with van der Waals surface area (Å²) in [5, 5.41) is 32.8. The van der Waals surface area contributed by atoms with Crippen LogP contribution >= 0.6 is 0 Å². The van der Waals surface area contributed by atoms with Crippen LogP contribution in [-0.4, -0.2) is 51.3 Å². The first-order chi connectivity index (χ1) is 25.7. The molecule has 0 spiro atoms. The second kappa shape index (κ2) is 15.0. The number of carboxylic acids is 2. The largest absolute Gasteiger partial charge is 0.871 e. The number of carbonyl (C=O) groups is 3. The van der Waals surface area contributed by atoms with Crippen molar-refractivity contribution in [3.05, 3.63) is 129 Å². The van der Waals surface area contributed by atoms with Crippen LogP contribution in [0, 0.1) is 11.8 Å². The average Bonchev–Trinajstić information content (AvgIpc) is 3.50. The monoisotopic (exact) mass is 724 g/mol. The lowest BCUT2D eigenvalue weighted by Crippen LogP contribution is -2.35. The number of unbranched alkanes of at least 4 members (excludes halogenated alkanes) is 5. The summed E-state index contributed by atoms with van der Waals surface area (Å²) >= 11 is 0. The van der Waals surface area contributed by atoms with Gasteiger partial charge in [-0.25, -0.2) is 9.59 Å². The Hall–Kier alpha value is -5.68. The molecule has 0 unspecified atom stereocenters. The summed E-state index contributed by atoms with van der Waals surface area (Å²) < 4.78 is 2.25. The average molecular weight is 725 g/mol. The first-order valence-corrected chi connectivity index (χ1v) is 18.9. The molecular formula is C46H48N2O6. The maximum atomic E-state index is 13.9. The molecule has 8 heteroatoms. The van der Waals surface area contributed by atoms with Gasteiger partial charge in [-0.3, -0.25) is 4.79 Å². The Morgan fingerprint density at radius 2 is 1.44 bits per heavy atom. The zero-order valence-corrected chi connectivity index (χ0v) is 32.0. The van der Waals surface area contributed by atoms with Gasteiger partial charge in [-0.2, -0.15) is 4.58 Å². The SMILES string of the molecule is CCCCCCCC[N+]1=C(/C=C2\C(=O)C(/C=C3/N(CC)c4ccccc4C3(C)C)=C2[O-])C(C)(C)c2cc(C#Cc3ccc(C(=O)O)c(C(=O)O)c3)ccc21. The van der Waals surface area contributed by atoms with E-state index in [1.165, 1.54) is 43.0 Å². The number of carboxylic acid groups (broad SMARTS) is 2. The van der Waals surface area contributed by atoms with Crippen LogP contribution < -0.4 is 10.0 Å². The molecule has 0 fully saturated rings. The second-order valence-corrected chi connectivity index (χ2v) is 15.3. The molecule has 0 saturated carbocycles. The molecular weight excluding hydrogens is 677 g/mol. The molecule has 0 atom stereocenters. The normalized spacial score (nSPS) is 18.1. The summed E-state index contributed by atoms with van der Waals surface area (Å²) in [4.78, 5) is 39.3. The van der Waals surface area contributed by atoms with E-state index < -0.39 is 17.4 Å². The van der Waals surface area contributed by atoms with Gasteiger partial charge in [0.2, 0.25) is 5.69 Å². The van der Waals surface area contributed by atoms with E-state index >= 15 is 0 Å². The molecule has 2 aliphatic heterocycles. The van der Waals surface area contributed by atoms with E-state index in [0.29, 0.717) is 11.1 Å². The van der Waals surface area contributed by atoms with Gasteiger partial charge in [-0.1, -0.05) is 82.3 Å². The Morgan fingerprint density at radius 1 is 0.796 bits per heavy atom. The number of carbonyl (C=O) groups excluding carboxylic acids is 1. The van der Waals surface area contributed by atoms with Gasteiger partial charge in [-0.15, -0.1) is 0 Å². The predicted molar refractivity (Wildman–Crippen MR) is 210 cm³/mol. The molecule has 6 rings (SSSR count). The van der Waals surface area contributed by atoms with Crippen molar-refractivity contribution in [2.24, 2.45) is 0 Å². The number of hydrogen-bond donors (Lipinski definition) is 2. The van der Waals surface area contributed by atoms with Crippen molar-refractivity contribution in [3.8, 4) is 11.8 Å². The van der Waals surface area contributed by atoms with Crippen molar-refractivity contribution < 1.29 is 34.3 Å². The number of rotatable bonds is 12. The fourth-order valence-electron chi connectivity index (χ4n) is 8.05. The highest BCUT2D eigenvalue weighted by Gasteiger charge is 2.46. The van der Waals surface area contributed by atoms with Crippen LogP contribution in [0.1, 0.15) is 123 Å². The molecule has 0 bridgehead atoms. The van der Waals surface area contributed by atoms with Crippen LogP contribution in [0.2, 0.25) is 0 Å². The van der Waals surface area contributed by atoms with Gasteiger partial charge in [-0.05, 0) is 75.2 Å². The zero-order valence-electron chi connectivity index (χ0n) is 32.0. The number of ketones is 1. The number of Topliss-reactive ketones (excluding diaryl/α,β-unsaturated/α-hetero) is 1. The van der Waals surface area contributed by atoms with Crippen molar-refractivity contribution >= 4 is 34.8 Å². The molecule has 0 amide bonds. The van der Waals surface area contributed by atoms with E-state index in [2.05, 4.69) is 75.0 Å². The Labute approximate surface area is 317 Å². The fourth-order valence-corrected chi connectivity index (χ4v) is 8.05. The first kappa shape index (κ1) is 38.1. The highest BCUT2D eigenvalue weighted by Crippen LogP contribution is 2.49. The number of aromatic carboxylic acids is 2. The summed E-state index contributed by atoms with van der Waals surface area (Å²) in [6, 6.07) is 18.2. The highest BCUT2D eigenvalue weighted by atomic mass is 16.4. The number of nitrogens with zero attached hydrogens (tertiary/aromatic N) is 2. The Balaban J connectivity index is 1.35. The summed E-state index contributed by atoms with van der Waals surface area (Å²) in [6.07, 6.45) is 10.4. The highest BCUT2D eigenvalue weighted by molar-refractivity contribution is 6.24. The van der Waals surface area contributed by atoms with Crippen molar-refractivity contribution in [3.63, 3.8) is 0 Å². The number of hydrogen-bond acceptors (Lipinski definition) is 5. The zero-order chi connectivity index (χ0) is 38.9. The van der Waals surface area contributed by atoms with Crippen molar-refractivity contribution in [1.29, 1.82) is 0 Å². The number of likely N-dealkylation sites (N-methyl/N-ethyl adjacent to an activating group) is 1. The molecule has 278 valence electrons. The minimum atomic E-state index is -1.33. The van der Waals surface area contributed by atoms with Crippen molar-refractivity contribution in [2.45, 2.75) is 90.9 Å². The van der Waals surface area contributed by atoms with E-state index in [9.17, 15) is 29.7 Å².